The van der Waals surface area contributed by atoms with Crippen LogP contribution in [-0.4, -0.2) is 29.6 Å². The third-order valence-electron chi connectivity index (χ3n) is 4.38. The van der Waals surface area contributed by atoms with Crippen LogP contribution in [0, 0.1) is 23.7 Å². The highest BCUT2D eigenvalue weighted by molar-refractivity contribution is 5.84. The first-order valence-electron chi connectivity index (χ1n) is 8.28. The van der Waals surface area contributed by atoms with E-state index in [9.17, 15) is 4.79 Å². The third-order valence-corrected chi connectivity index (χ3v) is 4.38. The van der Waals surface area contributed by atoms with Gasteiger partial charge in [-0.25, -0.2) is 0 Å². The van der Waals surface area contributed by atoms with Crippen LogP contribution in [0.5, 0.6) is 0 Å². The Labute approximate surface area is 125 Å². The van der Waals surface area contributed by atoms with Gasteiger partial charge in [-0.3, -0.25) is 10.1 Å². The molecule has 0 radical (unpaired) electrons. The molecule has 20 heavy (non-hydrogen) atoms. The van der Waals surface area contributed by atoms with Crippen molar-refractivity contribution in [2.45, 2.75) is 73.5 Å². The van der Waals surface area contributed by atoms with Gasteiger partial charge in [-0.2, -0.15) is 0 Å². The van der Waals surface area contributed by atoms with Crippen LogP contribution in [0.1, 0.15) is 61.3 Å². The molecule has 1 N–H and O–H groups in total. The summed E-state index contributed by atoms with van der Waals surface area (Å²) in [5, 5.41) is 3.57. The minimum atomic E-state index is 0.0260. The second kappa shape index (κ2) is 7.44. The third kappa shape index (κ3) is 4.76. The molecular weight excluding hydrogens is 248 g/mol. The lowest BCUT2D eigenvalue weighted by molar-refractivity contribution is -0.131. The second-order valence-electron chi connectivity index (χ2n) is 7.71. The molecule has 1 rings (SSSR count). The minimum Gasteiger partial charge on any atom is -0.326 e. The number of carbonyl (C=O) groups excluding carboxylic acids is 1. The van der Waals surface area contributed by atoms with Gasteiger partial charge in [0, 0.05) is 6.54 Å². The molecule has 0 aromatic rings. The number of rotatable bonds is 7. The quantitative estimate of drug-likeness (QED) is 0.775. The van der Waals surface area contributed by atoms with E-state index in [1.807, 2.05) is 0 Å². The predicted molar refractivity (Wildman–Crippen MR) is 85.3 cm³/mol. The lowest BCUT2D eigenvalue weighted by Crippen LogP contribution is -2.41. The first-order chi connectivity index (χ1) is 9.22. The highest BCUT2D eigenvalue weighted by Crippen LogP contribution is 2.24. The van der Waals surface area contributed by atoms with Crippen LogP contribution in [0.3, 0.4) is 0 Å². The normalized spacial score (nSPS) is 25.3. The fourth-order valence-electron chi connectivity index (χ4n) is 2.77. The maximum atomic E-state index is 12.7. The first-order valence-corrected chi connectivity index (χ1v) is 8.28. The summed E-state index contributed by atoms with van der Waals surface area (Å²) in [6.45, 7) is 16.4. The maximum absolute atomic E-state index is 12.7. The fourth-order valence-corrected chi connectivity index (χ4v) is 2.77. The van der Waals surface area contributed by atoms with Crippen LogP contribution in [0.15, 0.2) is 0 Å². The van der Waals surface area contributed by atoms with Crippen molar-refractivity contribution in [1.29, 1.82) is 0 Å². The molecule has 3 atom stereocenters. The van der Waals surface area contributed by atoms with E-state index in [2.05, 4.69) is 58.7 Å². The molecule has 0 bridgehead atoms. The highest BCUT2D eigenvalue weighted by atomic mass is 16.2. The Bertz CT molecular complexity index is 312. The highest BCUT2D eigenvalue weighted by Gasteiger charge is 2.39. The number of carbonyl (C=O) groups is 1. The summed E-state index contributed by atoms with van der Waals surface area (Å²) in [5.74, 6) is 2.64. The fraction of sp³-hybridized carbons (Fsp3) is 0.941. The summed E-state index contributed by atoms with van der Waals surface area (Å²) >= 11 is 0. The maximum Gasteiger partial charge on any atom is 0.241 e. The van der Waals surface area contributed by atoms with E-state index in [1.54, 1.807) is 0 Å². The summed E-state index contributed by atoms with van der Waals surface area (Å²) in [6, 6.07) is 0.0260. The van der Waals surface area contributed by atoms with E-state index in [-0.39, 0.29) is 12.2 Å². The topological polar surface area (TPSA) is 32.3 Å². The SMILES string of the molecule is CC(C)CC1NC(CC(C)C)N(CC(C)C(C)C)C1=O. The lowest BCUT2D eigenvalue weighted by Gasteiger charge is -2.29. The monoisotopic (exact) mass is 282 g/mol. The summed E-state index contributed by atoms with van der Waals surface area (Å²) in [6.07, 6.45) is 2.22. The summed E-state index contributed by atoms with van der Waals surface area (Å²) in [4.78, 5) is 14.8. The van der Waals surface area contributed by atoms with Crippen LogP contribution in [0.25, 0.3) is 0 Å². The first kappa shape index (κ1) is 17.5. The molecule has 1 heterocycles. The lowest BCUT2D eigenvalue weighted by atomic mass is 9.97. The molecule has 3 heteroatoms. The number of hydrogen-bond acceptors (Lipinski definition) is 2. The van der Waals surface area contributed by atoms with Crippen molar-refractivity contribution in [3.63, 3.8) is 0 Å². The molecule has 1 aliphatic rings. The van der Waals surface area contributed by atoms with E-state index in [4.69, 9.17) is 0 Å². The second-order valence-corrected chi connectivity index (χ2v) is 7.71. The molecular formula is C17H34N2O. The Morgan fingerprint density at radius 2 is 1.55 bits per heavy atom. The molecule has 0 spiro atoms. The van der Waals surface area contributed by atoms with Crippen molar-refractivity contribution in [3.05, 3.63) is 0 Å². The molecule has 0 aromatic carbocycles. The zero-order valence-electron chi connectivity index (χ0n) is 14.4. The Kier molecular flexibility index (Phi) is 6.50. The van der Waals surface area contributed by atoms with Gasteiger partial charge in [0.2, 0.25) is 5.91 Å². The number of hydrogen-bond donors (Lipinski definition) is 1. The minimum absolute atomic E-state index is 0.0260. The molecule has 1 saturated heterocycles. The van der Waals surface area contributed by atoms with Gasteiger partial charge in [0.05, 0.1) is 12.2 Å². The van der Waals surface area contributed by atoms with Crippen LogP contribution in [-0.2, 0) is 4.79 Å². The Balaban J connectivity index is 2.76. The van der Waals surface area contributed by atoms with Crippen LogP contribution >= 0.6 is 0 Å². The molecule has 118 valence electrons. The molecule has 0 aliphatic carbocycles. The molecule has 0 saturated carbocycles. The Morgan fingerprint density at radius 1 is 1.00 bits per heavy atom. The van der Waals surface area contributed by atoms with E-state index >= 15 is 0 Å². The van der Waals surface area contributed by atoms with Crippen molar-refractivity contribution in [2.75, 3.05) is 6.54 Å². The van der Waals surface area contributed by atoms with E-state index < -0.39 is 0 Å². The van der Waals surface area contributed by atoms with Crippen molar-refractivity contribution < 1.29 is 4.79 Å². The van der Waals surface area contributed by atoms with Gasteiger partial charge in [0.1, 0.15) is 0 Å². The van der Waals surface area contributed by atoms with E-state index in [0.29, 0.717) is 29.6 Å². The zero-order valence-corrected chi connectivity index (χ0v) is 14.4. The molecule has 1 fully saturated rings. The molecule has 0 aromatic heterocycles. The molecule has 1 amide bonds. The van der Waals surface area contributed by atoms with Gasteiger partial charge in [-0.15, -0.1) is 0 Å². The van der Waals surface area contributed by atoms with Crippen molar-refractivity contribution >= 4 is 5.91 Å². The zero-order chi connectivity index (χ0) is 15.4. The number of amides is 1. The average Bonchev–Trinajstić information content (AvgIpc) is 2.56. The van der Waals surface area contributed by atoms with Crippen LogP contribution < -0.4 is 5.32 Å². The van der Waals surface area contributed by atoms with Gasteiger partial charge in [-0.1, -0.05) is 48.5 Å². The van der Waals surface area contributed by atoms with Gasteiger partial charge in [-0.05, 0) is 36.5 Å². The van der Waals surface area contributed by atoms with Crippen LogP contribution in [0.2, 0.25) is 0 Å². The summed E-state index contributed by atoms with van der Waals surface area (Å²) < 4.78 is 0. The molecule has 3 nitrogen and oxygen atoms in total. The van der Waals surface area contributed by atoms with Crippen molar-refractivity contribution in [2.24, 2.45) is 23.7 Å². The van der Waals surface area contributed by atoms with Gasteiger partial charge >= 0.3 is 0 Å². The van der Waals surface area contributed by atoms with Gasteiger partial charge < -0.3 is 4.90 Å². The van der Waals surface area contributed by atoms with Crippen molar-refractivity contribution in [3.8, 4) is 0 Å². The van der Waals surface area contributed by atoms with Crippen LogP contribution in [0.4, 0.5) is 0 Å². The van der Waals surface area contributed by atoms with E-state index in [1.165, 1.54) is 0 Å². The summed E-state index contributed by atoms with van der Waals surface area (Å²) in [5.41, 5.74) is 0. The summed E-state index contributed by atoms with van der Waals surface area (Å²) in [7, 11) is 0. The van der Waals surface area contributed by atoms with Gasteiger partial charge in [0.25, 0.3) is 0 Å². The molecule has 1 aliphatic heterocycles. The average molecular weight is 282 g/mol. The smallest absolute Gasteiger partial charge is 0.241 e. The van der Waals surface area contributed by atoms with Crippen molar-refractivity contribution in [1.82, 2.24) is 10.2 Å². The van der Waals surface area contributed by atoms with E-state index in [0.717, 1.165) is 19.4 Å². The standard InChI is InChI=1S/C17H34N2O/c1-11(2)8-15-17(20)19(10-14(7)13(5)6)16(18-15)9-12(3)4/h11-16,18H,8-10H2,1-7H3. The largest absolute Gasteiger partial charge is 0.326 e. The number of nitrogens with zero attached hydrogens (tertiary/aromatic N) is 1. The Morgan fingerprint density at radius 3 is 2.00 bits per heavy atom. The number of nitrogens with one attached hydrogen (secondary N) is 1. The Hall–Kier alpha value is -0.570. The molecule has 3 unspecified atom stereocenters. The predicted octanol–water partition coefficient (Wildman–Crippen LogP) is 3.50. The van der Waals surface area contributed by atoms with Gasteiger partial charge in [0.15, 0.2) is 0 Å².